The van der Waals surface area contributed by atoms with Crippen LogP contribution in [0.4, 0.5) is 14.9 Å². The first kappa shape index (κ1) is 25.6. The second kappa shape index (κ2) is 11.8. The number of halogens is 1. The zero-order valence-electron chi connectivity index (χ0n) is 18.8. The third-order valence-corrected chi connectivity index (χ3v) is 6.82. The minimum atomic E-state index is -3.21. The first-order chi connectivity index (χ1) is 15.2. The van der Waals surface area contributed by atoms with Gasteiger partial charge in [0.25, 0.3) is 0 Å². The number of benzene rings is 1. The molecule has 2 amide bonds. The third-order valence-electron chi connectivity index (χ3n) is 4.94. The Morgan fingerprint density at radius 2 is 1.91 bits per heavy atom. The first-order valence-corrected chi connectivity index (χ1v) is 12.1. The van der Waals surface area contributed by atoms with Crippen molar-refractivity contribution in [3.05, 3.63) is 65.3 Å². The normalized spacial score (nSPS) is 17.0. The summed E-state index contributed by atoms with van der Waals surface area (Å²) in [5.74, 6) is -0.440. The molecule has 1 fully saturated rings. The van der Waals surface area contributed by atoms with E-state index in [1.807, 2.05) is 11.8 Å². The molecule has 1 aromatic rings. The van der Waals surface area contributed by atoms with E-state index in [4.69, 9.17) is 5.73 Å². The number of urea groups is 1. The molecule has 1 heterocycles. The SMILES string of the molecule is C\C=C/C(=C\C=C(\C)N)NC(=O)Nc1cccc(CN2CCN(S(=O)(=O)CC)CC2)c1F. The molecule has 10 heteroatoms. The largest absolute Gasteiger partial charge is 0.402 e. The van der Waals surface area contributed by atoms with Crippen molar-refractivity contribution in [3.8, 4) is 0 Å². The number of nitrogens with one attached hydrogen (secondary N) is 2. The van der Waals surface area contributed by atoms with Gasteiger partial charge in [-0.15, -0.1) is 0 Å². The smallest absolute Gasteiger partial charge is 0.323 e. The second-order valence-electron chi connectivity index (χ2n) is 7.47. The molecule has 0 aliphatic carbocycles. The number of sulfonamides is 1. The molecular formula is C22H32FN5O3S. The van der Waals surface area contributed by atoms with Crippen molar-refractivity contribution in [1.82, 2.24) is 14.5 Å². The van der Waals surface area contributed by atoms with Crippen molar-refractivity contribution in [2.75, 3.05) is 37.2 Å². The van der Waals surface area contributed by atoms with Crippen LogP contribution in [0.15, 0.2) is 53.9 Å². The minimum Gasteiger partial charge on any atom is -0.402 e. The Labute approximate surface area is 189 Å². The summed E-state index contributed by atoms with van der Waals surface area (Å²) < 4.78 is 40.5. The Bertz CT molecular complexity index is 993. The van der Waals surface area contributed by atoms with Crippen molar-refractivity contribution < 1.29 is 17.6 Å². The molecule has 1 aromatic carbocycles. The summed E-state index contributed by atoms with van der Waals surface area (Å²) >= 11 is 0. The van der Waals surface area contributed by atoms with Gasteiger partial charge in [0.15, 0.2) is 5.82 Å². The molecule has 0 aromatic heterocycles. The molecule has 8 nitrogen and oxygen atoms in total. The number of hydrogen-bond acceptors (Lipinski definition) is 5. The van der Waals surface area contributed by atoms with Crippen LogP contribution in [0.5, 0.6) is 0 Å². The van der Waals surface area contributed by atoms with Crippen LogP contribution >= 0.6 is 0 Å². The van der Waals surface area contributed by atoms with Crippen molar-refractivity contribution in [2.24, 2.45) is 5.73 Å². The number of rotatable bonds is 8. The lowest BCUT2D eigenvalue weighted by atomic mass is 10.1. The van der Waals surface area contributed by atoms with Gasteiger partial charge in [0.2, 0.25) is 10.0 Å². The summed E-state index contributed by atoms with van der Waals surface area (Å²) in [6, 6.07) is 4.25. The standard InChI is InChI=1S/C22H32FN5O3S/c1-4-7-19(11-10-17(3)24)25-22(29)26-20-9-6-8-18(21(20)23)16-27-12-14-28(15-13-27)32(30,31)5-2/h4,6-11H,5,12-16,24H2,1-3H3,(H2,25,26,29)/b7-4-,17-10-,19-11+. The van der Waals surface area contributed by atoms with E-state index in [2.05, 4.69) is 10.6 Å². The van der Waals surface area contributed by atoms with Crippen LogP contribution in [0.1, 0.15) is 26.3 Å². The van der Waals surface area contributed by atoms with E-state index in [1.165, 1.54) is 10.4 Å². The zero-order valence-corrected chi connectivity index (χ0v) is 19.6. The molecule has 1 aliphatic rings. The number of hydrogen-bond donors (Lipinski definition) is 3. The maximum atomic E-state index is 15.0. The molecular weight excluding hydrogens is 433 g/mol. The summed E-state index contributed by atoms with van der Waals surface area (Å²) in [5, 5.41) is 5.20. The molecule has 0 atom stereocenters. The summed E-state index contributed by atoms with van der Waals surface area (Å²) in [5.41, 5.74) is 7.21. The molecule has 0 radical (unpaired) electrons. The zero-order chi connectivity index (χ0) is 23.7. The molecule has 0 unspecified atom stereocenters. The number of amides is 2. The van der Waals surface area contributed by atoms with E-state index < -0.39 is 21.9 Å². The predicted molar refractivity (Wildman–Crippen MR) is 126 cm³/mol. The highest BCUT2D eigenvalue weighted by Gasteiger charge is 2.26. The molecule has 32 heavy (non-hydrogen) atoms. The fourth-order valence-electron chi connectivity index (χ4n) is 3.21. The number of carbonyl (C=O) groups is 1. The topological polar surface area (TPSA) is 108 Å². The molecule has 1 aliphatic heterocycles. The van der Waals surface area contributed by atoms with Gasteiger partial charge in [-0.05, 0) is 45.1 Å². The predicted octanol–water partition coefficient (Wildman–Crippen LogP) is 2.74. The monoisotopic (exact) mass is 465 g/mol. The van der Waals surface area contributed by atoms with E-state index in [0.29, 0.717) is 49.7 Å². The molecule has 0 spiro atoms. The van der Waals surface area contributed by atoms with Crippen molar-refractivity contribution >= 4 is 21.7 Å². The lowest BCUT2D eigenvalue weighted by Crippen LogP contribution is -2.48. The van der Waals surface area contributed by atoms with Crippen LogP contribution in [0.25, 0.3) is 0 Å². The highest BCUT2D eigenvalue weighted by Crippen LogP contribution is 2.20. The van der Waals surface area contributed by atoms with Crippen molar-refractivity contribution in [3.63, 3.8) is 0 Å². The lowest BCUT2D eigenvalue weighted by Gasteiger charge is -2.33. The van der Waals surface area contributed by atoms with Crippen molar-refractivity contribution in [1.29, 1.82) is 0 Å². The highest BCUT2D eigenvalue weighted by molar-refractivity contribution is 7.89. The fraction of sp³-hybridized carbons (Fsp3) is 0.409. The van der Waals surface area contributed by atoms with Gasteiger partial charge in [-0.1, -0.05) is 18.2 Å². The van der Waals surface area contributed by atoms with Gasteiger partial charge in [0, 0.05) is 49.7 Å². The van der Waals surface area contributed by atoms with Gasteiger partial charge in [-0.3, -0.25) is 4.90 Å². The first-order valence-electron chi connectivity index (χ1n) is 10.5. The highest BCUT2D eigenvalue weighted by atomic mass is 32.2. The molecule has 0 saturated carbocycles. The third kappa shape index (κ3) is 7.47. The van der Waals surface area contributed by atoms with Crippen LogP contribution in [0, 0.1) is 5.82 Å². The summed E-state index contributed by atoms with van der Waals surface area (Å²) in [6.45, 7) is 7.29. The molecule has 1 saturated heterocycles. The van der Waals surface area contributed by atoms with E-state index in [9.17, 15) is 13.2 Å². The summed E-state index contributed by atoms with van der Waals surface area (Å²) in [4.78, 5) is 14.4. The Morgan fingerprint density at radius 3 is 2.50 bits per heavy atom. The Kier molecular flexibility index (Phi) is 9.42. The van der Waals surface area contributed by atoms with E-state index in [0.717, 1.165) is 0 Å². The average molecular weight is 466 g/mol. The van der Waals surface area contributed by atoms with E-state index in [-0.39, 0.29) is 11.4 Å². The second-order valence-corrected chi connectivity index (χ2v) is 9.72. The number of nitrogens with two attached hydrogens (primary N) is 1. The van der Waals surface area contributed by atoms with Crippen LogP contribution in [-0.4, -0.2) is 55.6 Å². The Hall–Kier alpha value is -2.69. The van der Waals surface area contributed by atoms with Gasteiger partial charge < -0.3 is 16.4 Å². The summed E-state index contributed by atoms with van der Waals surface area (Å²) in [6.07, 6.45) is 6.77. The average Bonchev–Trinajstić information content (AvgIpc) is 2.75. The Morgan fingerprint density at radius 1 is 1.22 bits per heavy atom. The number of anilines is 1. The van der Waals surface area contributed by atoms with Crippen LogP contribution in [-0.2, 0) is 16.6 Å². The Balaban J connectivity index is 2.02. The number of carbonyl (C=O) groups excluding carboxylic acids is 1. The van der Waals surface area contributed by atoms with Crippen LogP contribution in [0.3, 0.4) is 0 Å². The molecule has 176 valence electrons. The maximum Gasteiger partial charge on any atom is 0.323 e. The van der Waals surface area contributed by atoms with Gasteiger partial charge in [0.1, 0.15) is 0 Å². The van der Waals surface area contributed by atoms with Gasteiger partial charge in [-0.25, -0.2) is 17.6 Å². The fourth-order valence-corrected chi connectivity index (χ4v) is 4.30. The van der Waals surface area contributed by atoms with Crippen LogP contribution in [0.2, 0.25) is 0 Å². The van der Waals surface area contributed by atoms with Gasteiger partial charge >= 0.3 is 6.03 Å². The maximum absolute atomic E-state index is 15.0. The number of allylic oxidation sites excluding steroid dienone is 5. The van der Waals surface area contributed by atoms with Crippen molar-refractivity contribution in [2.45, 2.75) is 27.3 Å². The van der Waals surface area contributed by atoms with Gasteiger partial charge in [-0.2, -0.15) is 4.31 Å². The quantitative estimate of drug-likeness (QED) is 0.512. The van der Waals surface area contributed by atoms with E-state index >= 15 is 4.39 Å². The van der Waals surface area contributed by atoms with Gasteiger partial charge in [0.05, 0.1) is 11.4 Å². The lowest BCUT2D eigenvalue weighted by molar-refractivity contribution is 0.180. The number of piperazine rings is 1. The van der Waals surface area contributed by atoms with Crippen LogP contribution < -0.4 is 16.4 Å². The summed E-state index contributed by atoms with van der Waals surface area (Å²) in [7, 11) is -3.21. The molecule has 4 N–H and O–H groups in total. The molecule has 2 rings (SSSR count). The molecule has 0 bridgehead atoms. The van der Waals surface area contributed by atoms with E-state index in [1.54, 1.807) is 50.3 Å². The minimum absolute atomic E-state index is 0.0672. The number of nitrogens with zero attached hydrogens (tertiary/aromatic N) is 2.